The number of ether oxygens (including phenoxy) is 2. The van der Waals surface area contributed by atoms with Crippen LogP contribution in [0.3, 0.4) is 0 Å². The highest BCUT2D eigenvalue weighted by atomic mass is 19.1. The zero-order valence-corrected chi connectivity index (χ0v) is 19.5. The first kappa shape index (κ1) is 22.4. The van der Waals surface area contributed by atoms with Crippen molar-refractivity contribution in [3.05, 3.63) is 60.2 Å². The molecule has 0 bridgehead atoms. The third-order valence-electron chi connectivity index (χ3n) is 6.75. The largest absolute Gasteiger partial charge is 0.456 e. The average molecular weight is 465 g/mol. The Morgan fingerprint density at radius 2 is 1.88 bits per heavy atom. The second kappa shape index (κ2) is 9.46. The van der Waals surface area contributed by atoms with E-state index in [1.165, 1.54) is 19.2 Å². The van der Waals surface area contributed by atoms with Crippen molar-refractivity contribution in [3.63, 3.8) is 0 Å². The molecule has 178 valence electrons. The summed E-state index contributed by atoms with van der Waals surface area (Å²) in [6.07, 6.45) is 7.14. The van der Waals surface area contributed by atoms with Crippen LogP contribution in [0.25, 0.3) is 11.1 Å². The van der Waals surface area contributed by atoms with Crippen LogP contribution in [0, 0.1) is 5.82 Å². The van der Waals surface area contributed by atoms with Gasteiger partial charge in [-0.3, -0.25) is 9.58 Å². The Balaban J connectivity index is 1.59. The Morgan fingerprint density at radius 3 is 2.62 bits per heavy atom. The lowest BCUT2D eigenvalue weighted by Crippen LogP contribution is -2.42. The Labute approximate surface area is 198 Å². The van der Waals surface area contributed by atoms with Gasteiger partial charge in [0.1, 0.15) is 17.3 Å². The summed E-state index contributed by atoms with van der Waals surface area (Å²) in [5.41, 5.74) is 3.54. The zero-order valence-electron chi connectivity index (χ0n) is 19.5. The van der Waals surface area contributed by atoms with Crippen LogP contribution < -0.4 is 15.0 Å². The molecule has 34 heavy (non-hydrogen) atoms. The molecule has 0 spiro atoms. The lowest BCUT2D eigenvalue weighted by atomic mass is 9.92. The number of hydrogen-bond donors (Lipinski definition) is 1. The fraction of sp³-hybridized carbons (Fsp3) is 0.385. The Hall–Kier alpha value is -3.39. The average Bonchev–Trinajstić information content (AvgIpc) is 3.35. The maximum Gasteiger partial charge on any atom is 0.414 e. The second-order valence-corrected chi connectivity index (χ2v) is 8.91. The number of fused-ring (bicyclic) bond motifs is 1. The van der Waals surface area contributed by atoms with E-state index in [1.54, 1.807) is 17.0 Å². The first-order valence-corrected chi connectivity index (χ1v) is 11.8. The summed E-state index contributed by atoms with van der Waals surface area (Å²) in [5.74, 6) is 0.872. The fourth-order valence-electron chi connectivity index (χ4n) is 4.89. The second-order valence-electron chi connectivity index (χ2n) is 8.91. The first-order valence-electron chi connectivity index (χ1n) is 11.8. The van der Waals surface area contributed by atoms with Crippen LogP contribution in [0.4, 0.5) is 14.9 Å². The van der Waals surface area contributed by atoms with Crippen LogP contribution in [-0.4, -0.2) is 42.1 Å². The molecular formula is C26H29FN4O3. The predicted molar refractivity (Wildman–Crippen MR) is 128 cm³/mol. The number of anilines is 1. The molecule has 1 atom stereocenters. The van der Waals surface area contributed by atoms with Crippen molar-refractivity contribution in [3.8, 4) is 22.6 Å². The summed E-state index contributed by atoms with van der Waals surface area (Å²) in [6, 6.07) is 10.3. The monoisotopic (exact) mass is 464 g/mol. The first-order chi connectivity index (χ1) is 16.5. The quantitative estimate of drug-likeness (QED) is 0.567. The minimum Gasteiger partial charge on any atom is -0.456 e. The molecule has 1 amide bonds. The van der Waals surface area contributed by atoms with Gasteiger partial charge < -0.3 is 14.8 Å². The van der Waals surface area contributed by atoms with E-state index in [2.05, 4.69) is 16.6 Å². The molecule has 2 aromatic carbocycles. The number of hydrogen-bond acceptors (Lipinski definition) is 5. The molecule has 3 aromatic rings. The minimum absolute atomic E-state index is 0.00660. The highest BCUT2D eigenvalue weighted by Crippen LogP contribution is 2.45. The number of carbonyl (C=O) groups excluding carboxylic acids is 1. The standard InChI is InChI=1S/C26H29FN4O3/c1-17-3-8-23-24(31(17)26(32)33-2)10-9-22(25(23)34-21-6-4-19(27)5-7-21)18-15-29-30(16-18)20-11-13-28-14-12-20/h4-7,9-10,15-17,20,28H,3,8,11-14H2,1-2H3. The number of nitrogens with one attached hydrogen (secondary N) is 1. The summed E-state index contributed by atoms with van der Waals surface area (Å²) in [4.78, 5) is 14.3. The van der Waals surface area contributed by atoms with E-state index in [1.807, 2.05) is 29.9 Å². The summed E-state index contributed by atoms with van der Waals surface area (Å²) >= 11 is 0. The number of halogens is 1. The molecule has 0 aliphatic carbocycles. The van der Waals surface area contributed by atoms with Gasteiger partial charge in [0.2, 0.25) is 0 Å². The van der Waals surface area contributed by atoms with Crippen LogP contribution >= 0.6 is 0 Å². The Bertz CT molecular complexity index is 1170. The SMILES string of the molecule is COC(=O)N1c2ccc(-c3cnn(C4CCNCC4)c3)c(Oc3ccc(F)cc3)c2CCC1C. The van der Waals surface area contributed by atoms with Crippen LogP contribution in [0.15, 0.2) is 48.8 Å². The predicted octanol–water partition coefficient (Wildman–Crippen LogP) is 5.31. The zero-order chi connectivity index (χ0) is 23.7. The summed E-state index contributed by atoms with van der Waals surface area (Å²) < 4.78 is 27.0. The normalized spacial score (nSPS) is 18.4. The smallest absolute Gasteiger partial charge is 0.414 e. The molecule has 2 aliphatic heterocycles. The Morgan fingerprint density at radius 1 is 1.12 bits per heavy atom. The van der Waals surface area contributed by atoms with Crippen LogP contribution in [0.2, 0.25) is 0 Å². The molecular weight excluding hydrogens is 435 g/mol. The van der Waals surface area contributed by atoms with E-state index in [4.69, 9.17) is 9.47 Å². The summed E-state index contributed by atoms with van der Waals surface area (Å²) in [7, 11) is 1.39. The maximum absolute atomic E-state index is 13.5. The van der Waals surface area contributed by atoms with Gasteiger partial charge in [0.25, 0.3) is 0 Å². The molecule has 0 saturated carbocycles. The number of piperidine rings is 1. The van der Waals surface area contributed by atoms with E-state index in [0.717, 1.165) is 61.2 Å². The van der Waals surface area contributed by atoms with Crippen molar-refractivity contribution in [2.75, 3.05) is 25.1 Å². The van der Waals surface area contributed by atoms with Gasteiger partial charge in [-0.2, -0.15) is 5.10 Å². The molecule has 8 heteroatoms. The number of rotatable bonds is 4. The van der Waals surface area contributed by atoms with Gasteiger partial charge in [0, 0.05) is 28.9 Å². The van der Waals surface area contributed by atoms with Crippen molar-refractivity contribution in [2.45, 2.75) is 44.7 Å². The molecule has 1 unspecified atom stereocenters. The number of amides is 1. The molecule has 7 nitrogen and oxygen atoms in total. The number of carbonyl (C=O) groups is 1. The highest BCUT2D eigenvalue weighted by Gasteiger charge is 2.32. The van der Waals surface area contributed by atoms with Gasteiger partial charge in [-0.25, -0.2) is 9.18 Å². The van der Waals surface area contributed by atoms with Gasteiger partial charge in [0.15, 0.2) is 0 Å². The molecule has 3 heterocycles. The van der Waals surface area contributed by atoms with Crippen molar-refractivity contribution in [1.29, 1.82) is 0 Å². The molecule has 1 N–H and O–H groups in total. The molecule has 1 fully saturated rings. The van der Waals surface area contributed by atoms with Crippen LogP contribution in [0.1, 0.15) is 37.8 Å². The van der Waals surface area contributed by atoms with Gasteiger partial charge in [-0.05, 0) is 82.1 Å². The third-order valence-corrected chi connectivity index (χ3v) is 6.75. The fourth-order valence-corrected chi connectivity index (χ4v) is 4.89. The number of nitrogens with zero attached hydrogens (tertiary/aromatic N) is 3. The van der Waals surface area contributed by atoms with E-state index < -0.39 is 6.09 Å². The van der Waals surface area contributed by atoms with E-state index in [9.17, 15) is 9.18 Å². The van der Waals surface area contributed by atoms with Crippen LogP contribution in [0.5, 0.6) is 11.5 Å². The van der Waals surface area contributed by atoms with E-state index >= 15 is 0 Å². The highest BCUT2D eigenvalue weighted by molar-refractivity contribution is 5.92. The van der Waals surface area contributed by atoms with Crippen LogP contribution in [-0.2, 0) is 11.2 Å². The summed E-state index contributed by atoms with van der Waals surface area (Å²) in [6.45, 7) is 3.98. The maximum atomic E-state index is 13.5. The summed E-state index contributed by atoms with van der Waals surface area (Å²) in [5, 5.41) is 8.04. The van der Waals surface area contributed by atoms with Crippen molar-refractivity contribution in [2.24, 2.45) is 0 Å². The van der Waals surface area contributed by atoms with Gasteiger partial charge >= 0.3 is 6.09 Å². The number of benzene rings is 2. The van der Waals surface area contributed by atoms with Crippen molar-refractivity contribution < 1.29 is 18.7 Å². The van der Waals surface area contributed by atoms with Gasteiger partial charge in [0.05, 0.1) is 25.0 Å². The lowest BCUT2D eigenvalue weighted by Gasteiger charge is -2.35. The van der Waals surface area contributed by atoms with Crippen molar-refractivity contribution in [1.82, 2.24) is 15.1 Å². The van der Waals surface area contributed by atoms with E-state index in [0.29, 0.717) is 17.5 Å². The minimum atomic E-state index is -0.396. The molecule has 1 saturated heterocycles. The molecule has 2 aliphatic rings. The van der Waals surface area contributed by atoms with E-state index in [-0.39, 0.29) is 11.9 Å². The van der Waals surface area contributed by atoms with Crippen molar-refractivity contribution >= 4 is 11.8 Å². The molecule has 1 aromatic heterocycles. The Kier molecular flexibility index (Phi) is 6.24. The number of methoxy groups -OCH3 is 1. The molecule has 5 rings (SSSR count). The van der Waals surface area contributed by atoms with Gasteiger partial charge in [-0.1, -0.05) is 0 Å². The number of aromatic nitrogens is 2. The lowest BCUT2D eigenvalue weighted by molar-refractivity contribution is 0.175. The van der Waals surface area contributed by atoms with Gasteiger partial charge in [-0.15, -0.1) is 0 Å². The topological polar surface area (TPSA) is 68.6 Å². The third kappa shape index (κ3) is 4.25. The molecule has 0 radical (unpaired) electrons.